The average molecular weight is 358 g/mol. The molecule has 3 nitrogen and oxygen atoms in total. The lowest BCUT2D eigenvalue weighted by molar-refractivity contribution is 0.206. The number of pyridine rings is 1. The zero-order valence-electron chi connectivity index (χ0n) is 12.6. The van der Waals surface area contributed by atoms with Crippen molar-refractivity contribution in [1.82, 2.24) is 9.88 Å². The molecular weight excluding hydrogens is 338 g/mol. The molecule has 2 aliphatic rings. The largest absolute Gasteiger partial charge is 0.364 e. The number of nitrogens with zero attached hydrogens (tertiary/aromatic N) is 3. The van der Waals surface area contributed by atoms with E-state index >= 15 is 0 Å². The van der Waals surface area contributed by atoms with Gasteiger partial charge in [0.2, 0.25) is 0 Å². The van der Waals surface area contributed by atoms with Crippen LogP contribution in [0.25, 0.3) is 0 Å². The molecule has 2 aliphatic heterocycles. The van der Waals surface area contributed by atoms with Crippen molar-refractivity contribution in [3.8, 4) is 0 Å². The van der Waals surface area contributed by atoms with Gasteiger partial charge in [-0.3, -0.25) is 9.88 Å². The second-order valence-corrected chi connectivity index (χ2v) is 7.08. The molecular formula is C18H20BrN3. The molecule has 4 rings (SSSR count). The standard InChI is InChI=1S/C18H20BrN3/c19-17-10-20-11-18-16(17)7-6-15-13-21(8-9-22(15)18)12-14-4-2-1-3-5-14/h1-5,10-11,15H,6-9,12-13H2/t15-/m1/s1. The zero-order valence-corrected chi connectivity index (χ0v) is 14.2. The van der Waals surface area contributed by atoms with Crippen molar-refractivity contribution >= 4 is 21.6 Å². The first-order valence-corrected chi connectivity index (χ1v) is 8.76. The number of halogens is 1. The van der Waals surface area contributed by atoms with E-state index in [2.05, 4.69) is 61.0 Å². The Morgan fingerprint density at radius 3 is 2.86 bits per heavy atom. The zero-order chi connectivity index (χ0) is 14.9. The topological polar surface area (TPSA) is 19.4 Å². The predicted octanol–water partition coefficient (Wildman–Crippen LogP) is 3.48. The number of rotatable bonds is 2. The Balaban J connectivity index is 1.50. The van der Waals surface area contributed by atoms with E-state index in [1.807, 2.05) is 12.4 Å². The molecule has 0 bridgehead atoms. The lowest BCUT2D eigenvalue weighted by Crippen LogP contribution is -2.54. The highest BCUT2D eigenvalue weighted by Crippen LogP contribution is 2.36. The van der Waals surface area contributed by atoms with Gasteiger partial charge in [0.15, 0.2) is 0 Å². The molecule has 0 aliphatic carbocycles. The molecule has 1 saturated heterocycles. The van der Waals surface area contributed by atoms with Crippen molar-refractivity contribution in [2.75, 3.05) is 24.5 Å². The Morgan fingerprint density at radius 1 is 1.14 bits per heavy atom. The Labute approximate surface area is 140 Å². The summed E-state index contributed by atoms with van der Waals surface area (Å²) in [5.74, 6) is 0. The van der Waals surface area contributed by atoms with Crippen molar-refractivity contribution in [3.63, 3.8) is 0 Å². The Hall–Kier alpha value is -1.39. The van der Waals surface area contributed by atoms with Crippen LogP contribution in [-0.4, -0.2) is 35.6 Å². The van der Waals surface area contributed by atoms with E-state index in [-0.39, 0.29) is 0 Å². The fourth-order valence-electron chi connectivity index (χ4n) is 3.73. The monoisotopic (exact) mass is 357 g/mol. The van der Waals surface area contributed by atoms with Gasteiger partial charge in [0.05, 0.1) is 11.9 Å². The molecule has 1 atom stereocenters. The van der Waals surface area contributed by atoms with Crippen LogP contribution in [0, 0.1) is 0 Å². The van der Waals surface area contributed by atoms with Crippen molar-refractivity contribution in [2.45, 2.75) is 25.4 Å². The highest BCUT2D eigenvalue weighted by atomic mass is 79.9. The number of fused-ring (bicyclic) bond motifs is 3. The van der Waals surface area contributed by atoms with Crippen molar-refractivity contribution in [3.05, 3.63) is 58.3 Å². The van der Waals surface area contributed by atoms with Gasteiger partial charge >= 0.3 is 0 Å². The van der Waals surface area contributed by atoms with Gasteiger partial charge in [-0.2, -0.15) is 0 Å². The molecule has 0 N–H and O–H groups in total. The Morgan fingerprint density at radius 2 is 2.00 bits per heavy atom. The van der Waals surface area contributed by atoms with E-state index in [1.165, 1.54) is 23.2 Å². The first-order chi connectivity index (χ1) is 10.8. The molecule has 0 unspecified atom stereocenters. The molecule has 4 heteroatoms. The van der Waals surface area contributed by atoms with Gasteiger partial charge in [0, 0.05) is 42.9 Å². The van der Waals surface area contributed by atoms with Gasteiger partial charge in [0.25, 0.3) is 0 Å². The Kier molecular flexibility index (Phi) is 3.89. The first-order valence-electron chi connectivity index (χ1n) is 7.96. The molecule has 1 aromatic heterocycles. The molecule has 0 spiro atoms. The number of anilines is 1. The number of aromatic nitrogens is 1. The molecule has 2 aromatic rings. The van der Waals surface area contributed by atoms with Crippen LogP contribution in [0.4, 0.5) is 5.69 Å². The third kappa shape index (κ3) is 2.66. The maximum Gasteiger partial charge on any atom is 0.0600 e. The second-order valence-electron chi connectivity index (χ2n) is 6.23. The van der Waals surface area contributed by atoms with E-state index in [1.54, 1.807) is 0 Å². The fraction of sp³-hybridized carbons (Fsp3) is 0.389. The average Bonchev–Trinajstić information content (AvgIpc) is 2.56. The summed E-state index contributed by atoms with van der Waals surface area (Å²) in [6.45, 7) is 4.44. The number of hydrogen-bond acceptors (Lipinski definition) is 3. The minimum Gasteiger partial charge on any atom is -0.364 e. The highest BCUT2D eigenvalue weighted by Gasteiger charge is 2.32. The van der Waals surface area contributed by atoms with Gasteiger partial charge in [-0.05, 0) is 39.9 Å². The van der Waals surface area contributed by atoms with Crippen LogP contribution in [0.2, 0.25) is 0 Å². The summed E-state index contributed by atoms with van der Waals surface area (Å²) in [6.07, 6.45) is 6.35. The lowest BCUT2D eigenvalue weighted by Gasteiger charge is -2.46. The van der Waals surface area contributed by atoms with E-state index < -0.39 is 0 Å². The summed E-state index contributed by atoms with van der Waals surface area (Å²) < 4.78 is 1.16. The summed E-state index contributed by atoms with van der Waals surface area (Å²) in [5.41, 5.74) is 4.18. The van der Waals surface area contributed by atoms with Crippen LogP contribution in [0.1, 0.15) is 17.5 Å². The minimum absolute atomic E-state index is 0.626. The third-order valence-electron chi connectivity index (χ3n) is 4.84. The highest BCUT2D eigenvalue weighted by molar-refractivity contribution is 9.10. The van der Waals surface area contributed by atoms with Gasteiger partial charge in [-0.1, -0.05) is 30.3 Å². The van der Waals surface area contributed by atoms with E-state index in [9.17, 15) is 0 Å². The quantitative estimate of drug-likeness (QED) is 0.820. The number of piperazine rings is 1. The van der Waals surface area contributed by atoms with E-state index in [0.717, 1.165) is 37.1 Å². The summed E-state index contributed by atoms with van der Waals surface area (Å²) >= 11 is 3.66. The van der Waals surface area contributed by atoms with Gasteiger partial charge < -0.3 is 4.90 Å². The molecule has 1 aromatic carbocycles. The molecule has 0 radical (unpaired) electrons. The number of hydrogen-bond donors (Lipinski definition) is 0. The summed E-state index contributed by atoms with van der Waals surface area (Å²) in [4.78, 5) is 9.53. The van der Waals surface area contributed by atoms with Crippen molar-refractivity contribution in [2.24, 2.45) is 0 Å². The third-order valence-corrected chi connectivity index (χ3v) is 5.52. The minimum atomic E-state index is 0.626. The van der Waals surface area contributed by atoms with Crippen LogP contribution in [0.15, 0.2) is 47.2 Å². The SMILES string of the molecule is Brc1cncc2c1CC[C@@H]1CN(Cc3ccccc3)CCN21. The first kappa shape index (κ1) is 14.2. The van der Waals surface area contributed by atoms with Crippen LogP contribution in [0.3, 0.4) is 0 Å². The molecule has 114 valence electrons. The maximum atomic E-state index is 4.37. The second kappa shape index (κ2) is 6.01. The van der Waals surface area contributed by atoms with Crippen LogP contribution >= 0.6 is 15.9 Å². The van der Waals surface area contributed by atoms with Crippen molar-refractivity contribution < 1.29 is 0 Å². The lowest BCUT2D eigenvalue weighted by atomic mass is 9.95. The summed E-state index contributed by atoms with van der Waals surface area (Å²) in [6, 6.07) is 11.4. The van der Waals surface area contributed by atoms with Crippen LogP contribution in [-0.2, 0) is 13.0 Å². The maximum absolute atomic E-state index is 4.37. The molecule has 3 heterocycles. The fourth-order valence-corrected chi connectivity index (χ4v) is 4.25. The molecule has 0 saturated carbocycles. The predicted molar refractivity (Wildman–Crippen MR) is 93.1 cm³/mol. The van der Waals surface area contributed by atoms with Crippen LogP contribution < -0.4 is 4.90 Å². The smallest absolute Gasteiger partial charge is 0.0600 e. The van der Waals surface area contributed by atoms with E-state index in [0.29, 0.717) is 6.04 Å². The van der Waals surface area contributed by atoms with Gasteiger partial charge in [0.1, 0.15) is 0 Å². The van der Waals surface area contributed by atoms with Gasteiger partial charge in [-0.25, -0.2) is 0 Å². The normalized spacial score (nSPS) is 21.3. The molecule has 22 heavy (non-hydrogen) atoms. The van der Waals surface area contributed by atoms with Crippen LogP contribution in [0.5, 0.6) is 0 Å². The summed E-state index contributed by atoms with van der Waals surface area (Å²) in [7, 11) is 0. The van der Waals surface area contributed by atoms with E-state index in [4.69, 9.17) is 0 Å². The number of benzene rings is 1. The molecule has 0 amide bonds. The van der Waals surface area contributed by atoms with Gasteiger partial charge in [-0.15, -0.1) is 0 Å². The van der Waals surface area contributed by atoms with Crippen molar-refractivity contribution in [1.29, 1.82) is 0 Å². The molecule has 1 fully saturated rings. The Bertz CT molecular complexity index is 659. The summed E-state index contributed by atoms with van der Waals surface area (Å²) in [5, 5.41) is 0.